The van der Waals surface area contributed by atoms with Crippen LogP contribution < -0.4 is 5.73 Å². The summed E-state index contributed by atoms with van der Waals surface area (Å²) < 4.78 is 0. The summed E-state index contributed by atoms with van der Waals surface area (Å²) in [4.78, 5) is 14.0. The van der Waals surface area contributed by atoms with Crippen molar-refractivity contribution in [2.45, 2.75) is 84.1 Å². The number of carbonyl (C=O) groups is 1. The van der Waals surface area contributed by atoms with E-state index in [1.165, 1.54) is 51.4 Å². The maximum Gasteiger partial charge on any atom is 0.222 e. The van der Waals surface area contributed by atoms with Gasteiger partial charge in [-0.1, -0.05) is 65.2 Å². The quantitative estimate of drug-likeness (QED) is 0.621. The first-order valence-electron chi connectivity index (χ1n) is 8.68. The van der Waals surface area contributed by atoms with Gasteiger partial charge in [0.2, 0.25) is 5.91 Å². The zero-order valence-electron chi connectivity index (χ0n) is 13.6. The predicted molar refractivity (Wildman–Crippen MR) is 85.6 cm³/mol. The van der Waals surface area contributed by atoms with Crippen LogP contribution >= 0.6 is 0 Å². The van der Waals surface area contributed by atoms with Gasteiger partial charge in [-0.2, -0.15) is 0 Å². The molecule has 0 bridgehead atoms. The lowest BCUT2D eigenvalue weighted by Gasteiger charge is -2.15. The van der Waals surface area contributed by atoms with Crippen molar-refractivity contribution in [3.8, 4) is 0 Å². The Morgan fingerprint density at radius 3 is 2.05 bits per heavy atom. The van der Waals surface area contributed by atoms with Crippen molar-refractivity contribution in [1.29, 1.82) is 0 Å². The summed E-state index contributed by atoms with van der Waals surface area (Å²) >= 11 is 0. The van der Waals surface area contributed by atoms with Gasteiger partial charge in [-0.3, -0.25) is 4.79 Å². The number of hydrogen-bond acceptors (Lipinski definition) is 2. The van der Waals surface area contributed by atoms with Gasteiger partial charge in [-0.25, -0.2) is 0 Å². The lowest BCUT2D eigenvalue weighted by molar-refractivity contribution is -0.130. The molecule has 1 rings (SSSR count). The van der Waals surface area contributed by atoms with E-state index in [1.54, 1.807) is 0 Å². The van der Waals surface area contributed by atoms with Gasteiger partial charge in [-0.15, -0.1) is 0 Å². The molecule has 2 unspecified atom stereocenters. The molecule has 3 heteroatoms. The summed E-state index contributed by atoms with van der Waals surface area (Å²) in [5.74, 6) is 0.773. The third-order valence-electron chi connectivity index (χ3n) is 4.52. The van der Waals surface area contributed by atoms with E-state index in [0.717, 1.165) is 25.9 Å². The number of carbonyl (C=O) groups excluding carboxylic acids is 1. The average Bonchev–Trinajstić information content (AvgIpc) is 2.77. The maximum absolute atomic E-state index is 12.0. The van der Waals surface area contributed by atoms with Gasteiger partial charge in [0.25, 0.3) is 0 Å². The average molecular weight is 282 g/mol. The first-order chi connectivity index (χ1) is 9.65. The highest BCUT2D eigenvalue weighted by atomic mass is 16.2. The number of amides is 1. The molecule has 0 spiro atoms. The number of nitrogens with two attached hydrogens (primary N) is 1. The minimum absolute atomic E-state index is 0.182. The molecule has 1 saturated heterocycles. The topological polar surface area (TPSA) is 46.3 Å². The molecule has 1 heterocycles. The first-order valence-corrected chi connectivity index (χ1v) is 8.68. The van der Waals surface area contributed by atoms with E-state index in [4.69, 9.17) is 5.73 Å². The molecule has 0 aromatic rings. The fraction of sp³-hybridized carbons (Fsp3) is 0.941. The smallest absolute Gasteiger partial charge is 0.222 e. The highest BCUT2D eigenvalue weighted by Gasteiger charge is 2.29. The molecule has 1 fully saturated rings. The zero-order valence-corrected chi connectivity index (χ0v) is 13.6. The molecule has 1 aliphatic rings. The predicted octanol–water partition coefficient (Wildman–Crippen LogP) is 3.71. The molecule has 2 N–H and O–H groups in total. The molecular weight excluding hydrogens is 248 g/mol. The van der Waals surface area contributed by atoms with Crippen LogP contribution in [-0.4, -0.2) is 29.9 Å². The van der Waals surface area contributed by atoms with Gasteiger partial charge < -0.3 is 10.6 Å². The van der Waals surface area contributed by atoms with E-state index in [-0.39, 0.29) is 6.04 Å². The van der Waals surface area contributed by atoms with Crippen molar-refractivity contribution in [3.05, 3.63) is 0 Å². The SMILES string of the molecule is CCCCCCCCCCCC(=O)N1CC(C)C(N)C1. The first kappa shape index (κ1) is 17.5. The van der Waals surface area contributed by atoms with Gasteiger partial charge in [0.1, 0.15) is 0 Å². The van der Waals surface area contributed by atoms with Crippen LogP contribution in [0, 0.1) is 5.92 Å². The van der Waals surface area contributed by atoms with Crippen molar-refractivity contribution in [2.24, 2.45) is 11.7 Å². The fourth-order valence-electron chi connectivity index (χ4n) is 2.94. The van der Waals surface area contributed by atoms with Crippen LogP contribution in [0.25, 0.3) is 0 Å². The van der Waals surface area contributed by atoms with Crippen LogP contribution in [0.4, 0.5) is 0 Å². The molecule has 3 nitrogen and oxygen atoms in total. The third-order valence-corrected chi connectivity index (χ3v) is 4.52. The molecule has 0 aromatic heterocycles. The molecule has 2 atom stereocenters. The summed E-state index contributed by atoms with van der Waals surface area (Å²) in [5, 5.41) is 0. The lowest BCUT2D eigenvalue weighted by atomic mass is 10.1. The van der Waals surface area contributed by atoms with Crippen LogP contribution in [0.15, 0.2) is 0 Å². The van der Waals surface area contributed by atoms with Crippen LogP contribution in [-0.2, 0) is 4.79 Å². The van der Waals surface area contributed by atoms with Gasteiger partial charge in [0.15, 0.2) is 0 Å². The molecule has 0 aliphatic carbocycles. The molecule has 0 saturated carbocycles. The van der Waals surface area contributed by atoms with E-state index in [1.807, 2.05) is 4.90 Å². The van der Waals surface area contributed by atoms with Crippen LogP contribution in [0.5, 0.6) is 0 Å². The van der Waals surface area contributed by atoms with Crippen molar-refractivity contribution in [1.82, 2.24) is 4.90 Å². The molecule has 20 heavy (non-hydrogen) atoms. The number of nitrogens with zero attached hydrogens (tertiary/aromatic N) is 1. The Morgan fingerprint density at radius 1 is 1.00 bits per heavy atom. The summed E-state index contributed by atoms with van der Waals surface area (Å²) in [6, 6.07) is 0.182. The van der Waals surface area contributed by atoms with Crippen LogP contribution in [0.2, 0.25) is 0 Å². The molecule has 1 amide bonds. The summed E-state index contributed by atoms with van der Waals surface area (Å²) in [5.41, 5.74) is 5.96. The summed E-state index contributed by atoms with van der Waals surface area (Å²) in [7, 11) is 0. The number of rotatable bonds is 10. The Bertz CT molecular complexity index is 258. The summed E-state index contributed by atoms with van der Waals surface area (Å²) in [6.07, 6.45) is 12.4. The Morgan fingerprint density at radius 2 is 1.55 bits per heavy atom. The Kier molecular flexibility index (Phi) is 8.92. The second kappa shape index (κ2) is 10.2. The maximum atomic E-state index is 12.0. The molecule has 1 aliphatic heterocycles. The second-order valence-corrected chi connectivity index (χ2v) is 6.52. The Balaban J connectivity index is 1.92. The second-order valence-electron chi connectivity index (χ2n) is 6.52. The number of unbranched alkanes of at least 4 members (excludes halogenated alkanes) is 8. The van der Waals surface area contributed by atoms with Crippen molar-refractivity contribution in [3.63, 3.8) is 0 Å². The van der Waals surface area contributed by atoms with Crippen molar-refractivity contribution in [2.75, 3.05) is 13.1 Å². The minimum Gasteiger partial charge on any atom is -0.341 e. The van der Waals surface area contributed by atoms with E-state index in [2.05, 4.69) is 13.8 Å². The van der Waals surface area contributed by atoms with Crippen molar-refractivity contribution < 1.29 is 4.79 Å². The molecule has 0 aromatic carbocycles. The zero-order chi connectivity index (χ0) is 14.8. The van der Waals surface area contributed by atoms with E-state index < -0.39 is 0 Å². The van der Waals surface area contributed by atoms with Crippen LogP contribution in [0.1, 0.15) is 78.1 Å². The van der Waals surface area contributed by atoms with Gasteiger partial charge in [0, 0.05) is 25.6 Å². The largest absolute Gasteiger partial charge is 0.341 e. The Labute approximate surface area is 125 Å². The minimum atomic E-state index is 0.182. The van der Waals surface area contributed by atoms with Gasteiger partial charge in [0.05, 0.1) is 0 Å². The highest BCUT2D eigenvalue weighted by Crippen LogP contribution is 2.17. The number of hydrogen-bond donors (Lipinski definition) is 1. The fourth-order valence-corrected chi connectivity index (χ4v) is 2.94. The monoisotopic (exact) mass is 282 g/mol. The van der Waals surface area contributed by atoms with Crippen LogP contribution in [0.3, 0.4) is 0 Å². The van der Waals surface area contributed by atoms with E-state index in [0.29, 0.717) is 11.8 Å². The van der Waals surface area contributed by atoms with E-state index in [9.17, 15) is 4.79 Å². The normalized spacial score (nSPS) is 22.4. The van der Waals surface area contributed by atoms with E-state index >= 15 is 0 Å². The molecule has 118 valence electrons. The van der Waals surface area contributed by atoms with Gasteiger partial charge >= 0.3 is 0 Å². The molecule has 0 radical (unpaired) electrons. The lowest BCUT2D eigenvalue weighted by Crippen LogP contribution is -2.32. The molecular formula is C17H34N2O. The third kappa shape index (κ3) is 6.74. The van der Waals surface area contributed by atoms with Crippen molar-refractivity contribution >= 4 is 5.91 Å². The number of likely N-dealkylation sites (tertiary alicyclic amines) is 1. The standard InChI is InChI=1S/C17H34N2O/c1-3-4-5-6-7-8-9-10-11-12-17(20)19-13-15(2)16(18)14-19/h15-16H,3-14,18H2,1-2H3. The Hall–Kier alpha value is -0.570. The summed E-state index contributed by atoms with van der Waals surface area (Å²) in [6.45, 7) is 6.01. The van der Waals surface area contributed by atoms with Gasteiger partial charge in [-0.05, 0) is 12.3 Å². The highest BCUT2D eigenvalue weighted by molar-refractivity contribution is 5.76.